The van der Waals surface area contributed by atoms with Gasteiger partial charge in [-0.05, 0) is 73.5 Å². The van der Waals surface area contributed by atoms with Crippen molar-refractivity contribution in [1.29, 1.82) is 0 Å². The normalized spacial score (nSPS) is 12.7. The van der Waals surface area contributed by atoms with Crippen molar-refractivity contribution >= 4 is 68.5 Å². The fourth-order valence-electron chi connectivity index (χ4n) is 3.29. The van der Waals surface area contributed by atoms with E-state index in [-0.39, 0.29) is 28.7 Å². The molecule has 0 fully saturated rings. The SMILES string of the molecule is NC(=NCCCCCCN=C(N)/N=C(\N)Nc1ccc(Cl)cc1)/N=C(\N)Nc1ccc(Cl)cc1.O=S(=O)(O)c1ccccc1. The highest BCUT2D eigenvalue weighted by Crippen LogP contribution is 2.14. The minimum absolute atomic E-state index is 0.0741. The van der Waals surface area contributed by atoms with E-state index in [1.807, 2.05) is 0 Å². The number of nitrogens with one attached hydrogen (secondary N) is 2. The number of unbranched alkanes of at least 4 members (excludes halogenated alkanes) is 3. The molecule has 0 spiro atoms. The fraction of sp³-hybridized carbons (Fsp3) is 0.214. The summed E-state index contributed by atoms with van der Waals surface area (Å²) in [6.07, 6.45) is 3.68. The molecule has 0 aliphatic heterocycles. The highest BCUT2D eigenvalue weighted by molar-refractivity contribution is 7.85. The Hall–Kier alpha value is -4.37. The molecule has 0 aromatic heterocycles. The summed E-state index contributed by atoms with van der Waals surface area (Å²) in [4.78, 5) is 16.4. The Bertz CT molecular complexity index is 1450. The van der Waals surface area contributed by atoms with E-state index in [1.54, 1.807) is 66.7 Å². The van der Waals surface area contributed by atoms with Gasteiger partial charge < -0.3 is 33.6 Å². The largest absolute Gasteiger partial charge is 0.369 e. The van der Waals surface area contributed by atoms with Gasteiger partial charge in [0.25, 0.3) is 10.1 Å². The molecule has 13 nitrogen and oxygen atoms in total. The quantitative estimate of drug-likeness (QED) is 0.0709. The predicted molar refractivity (Wildman–Crippen MR) is 181 cm³/mol. The number of anilines is 2. The Labute approximate surface area is 266 Å². The van der Waals surface area contributed by atoms with E-state index in [2.05, 4.69) is 30.6 Å². The Morgan fingerprint density at radius 1 is 0.636 bits per heavy atom. The first kappa shape index (κ1) is 35.8. The Balaban J connectivity index is 0.000000569. The lowest BCUT2D eigenvalue weighted by atomic mass is 10.2. The molecule has 3 aromatic carbocycles. The van der Waals surface area contributed by atoms with Gasteiger partial charge in [0.1, 0.15) is 0 Å². The predicted octanol–water partition coefficient (Wildman–Crippen LogP) is 4.27. The summed E-state index contributed by atoms with van der Waals surface area (Å²) in [5.41, 5.74) is 24.8. The van der Waals surface area contributed by atoms with Crippen molar-refractivity contribution in [3.05, 3.63) is 88.9 Å². The molecule has 0 bridgehead atoms. The molecule has 0 saturated heterocycles. The molecule has 236 valence electrons. The third-order valence-corrected chi connectivity index (χ3v) is 6.73. The van der Waals surface area contributed by atoms with Crippen molar-refractivity contribution in [1.82, 2.24) is 0 Å². The summed E-state index contributed by atoms with van der Waals surface area (Å²) < 4.78 is 29.2. The van der Waals surface area contributed by atoms with E-state index in [0.29, 0.717) is 23.1 Å². The molecular formula is C28H36Cl2N10O3S. The van der Waals surface area contributed by atoms with Gasteiger partial charge in [-0.3, -0.25) is 14.5 Å². The van der Waals surface area contributed by atoms with Gasteiger partial charge in [0.05, 0.1) is 4.90 Å². The van der Waals surface area contributed by atoms with Crippen molar-refractivity contribution in [2.24, 2.45) is 42.9 Å². The standard InChI is InChI=1S/C22H30Cl2N10.C6H6O3S/c23-15-5-9-17(10-6-15)31-21(27)33-19(25)29-13-3-1-2-4-14-30-20(26)34-22(28)32-18-11-7-16(24)8-12-18;7-10(8,9)6-4-2-1-3-5-6/h5-12H,1-4,13-14H2,(H5,25,27,29,31,33)(H5,26,28,30,32,34);1-5H,(H,7,8,9). The van der Waals surface area contributed by atoms with Gasteiger partial charge in [0.2, 0.25) is 23.8 Å². The van der Waals surface area contributed by atoms with Crippen LogP contribution in [0.25, 0.3) is 0 Å². The van der Waals surface area contributed by atoms with Gasteiger partial charge in [0, 0.05) is 34.5 Å². The van der Waals surface area contributed by atoms with E-state index < -0.39 is 10.1 Å². The second kappa shape index (κ2) is 19.0. The van der Waals surface area contributed by atoms with Gasteiger partial charge in [-0.1, -0.05) is 54.2 Å². The van der Waals surface area contributed by atoms with Crippen LogP contribution in [-0.2, 0) is 10.1 Å². The van der Waals surface area contributed by atoms with Crippen LogP contribution in [0, 0.1) is 0 Å². The van der Waals surface area contributed by atoms with E-state index >= 15 is 0 Å². The smallest absolute Gasteiger partial charge is 0.294 e. The van der Waals surface area contributed by atoms with Crippen LogP contribution in [0.2, 0.25) is 10.0 Å². The van der Waals surface area contributed by atoms with Gasteiger partial charge in [-0.25, -0.2) is 0 Å². The van der Waals surface area contributed by atoms with Crippen LogP contribution in [0.1, 0.15) is 25.7 Å². The topological polar surface area (TPSA) is 232 Å². The molecule has 16 heteroatoms. The lowest BCUT2D eigenvalue weighted by molar-refractivity contribution is 0.483. The fourth-order valence-corrected chi connectivity index (χ4v) is 4.05. The number of nitrogens with two attached hydrogens (primary N) is 4. The van der Waals surface area contributed by atoms with Crippen molar-refractivity contribution in [3.8, 4) is 0 Å². The molecule has 44 heavy (non-hydrogen) atoms. The maximum Gasteiger partial charge on any atom is 0.294 e. The molecule has 11 N–H and O–H groups in total. The van der Waals surface area contributed by atoms with Crippen LogP contribution in [0.3, 0.4) is 0 Å². The molecule has 3 aromatic rings. The second-order valence-electron chi connectivity index (χ2n) is 8.94. The summed E-state index contributed by atoms with van der Waals surface area (Å²) in [6, 6.07) is 21.6. The number of hydrogen-bond donors (Lipinski definition) is 7. The number of nitrogens with zero attached hydrogens (tertiary/aromatic N) is 4. The highest BCUT2D eigenvalue weighted by atomic mass is 35.5. The summed E-state index contributed by atoms with van der Waals surface area (Å²) in [6.45, 7) is 1.12. The maximum atomic E-state index is 10.4. The molecule has 0 heterocycles. The van der Waals surface area contributed by atoms with Gasteiger partial charge >= 0.3 is 0 Å². The van der Waals surface area contributed by atoms with Crippen molar-refractivity contribution in [2.45, 2.75) is 30.6 Å². The van der Waals surface area contributed by atoms with E-state index in [9.17, 15) is 8.42 Å². The molecule has 0 amide bonds. The van der Waals surface area contributed by atoms with E-state index in [0.717, 1.165) is 37.1 Å². The van der Waals surface area contributed by atoms with Gasteiger partial charge in [-0.2, -0.15) is 18.4 Å². The molecule has 0 aliphatic carbocycles. The summed E-state index contributed by atoms with van der Waals surface area (Å²) in [7, 11) is -4.00. The van der Waals surface area contributed by atoms with Crippen LogP contribution in [-0.4, -0.2) is 49.9 Å². The zero-order chi connectivity index (χ0) is 32.4. The van der Waals surface area contributed by atoms with E-state index in [1.165, 1.54) is 12.1 Å². The second-order valence-corrected chi connectivity index (χ2v) is 11.2. The summed E-state index contributed by atoms with van der Waals surface area (Å²) >= 11 is 11.7. The molecule has 0 aliphatic rings. The van der Waals surface area contributed by atoms with Gasteiger partial charge in [-0.15, -0.1) is 0 Å². The first-order chi connectivity index (χ1) is 20.9. The number of guanidine groups is 4. The average Bonchev–Trinajstić information content (AvgIpc) is 2.97. The Morgan fingerprint density at radius 3 is 1.36 bits per heavy atom. The summed E-state index contributed by atoms with van der Waals surface area (Å²) in [5.74, 6) is 0.564. The Morgan fingerprint density at radius 2 is 1.02 bits per heavy atom. The number of rotatable bonds is 10. The van der Waals surface area contributed by atoms with Crippen LogP contribution < -0.4 is 33.6 Å². The minimum atomic E-state index is -4.00. The molecule has 0 saturated carbocycles. The van der Waals surface area contributed by atoms with E-state index in [4.69, 9.17) is 50.7 Å². The lowest BCUT2D eigenvalue weighted by Gasteiger charge is -2.05. The molecule has 3 rings (SSSR count). The molecule has 0 atom stereocenters. The van der Waals surface area contributed by atoms with Crippen molar-refractivity contribution < 1.29 is 13.0 Å². The third kappa shape index (κ3) is 15.7. The molecule has 0 unspecified atom stereocenters. The minimum Gasteiger partial charge on any atom is -0.369 e. The van der Waals surface area contributed by atoms with Crippen molar-refractivity contribution in [3.63, 3.8) is 0 Å². The number of benzene rings is 3. The Kier molecular flexibility index (Phi) is 15.5. The van der Waals surface area contributed by atoms with Crippen LogP contribution in [0.5, 0.6) is 0 Å². The molecular weight excluding hydrogens is 627 g/mol. The number of hydrogen-bond acceptors (Lipinski definition) is 4. The third-order valence-electron chi connectivity index (χ3n) is 5.36. The van der Waals surface area contributed by atoms with Crippen LogP contribution >= 0.6 is 23.2 Å². The number of halogens is 2. The molecule has 0 radical (unpaired) electrons. The highest BCUT2D eigenvalue weighted by Gasteiger charge is 2.06. The maximum absolute atomic E-state index is 10.4. The summed E-state index contributed by atoms with van der Waals surface area (Å²) in [5, 5.41) is 7.11. The first-order valence-corrected chi connectivity index (χ1v) is 15.5. The van der Waals surface area contributed by atoms with Crippen LogP contribution in [0.15, 0.2) is 104 Å². The average molecular weight is 664 g/mol. The lowest BCUT2D eigenvalue weighted by Crippen LogP contribution is -2.26. The van der Waals surface area contributed by atoms with Gasteiger partial charge in [0.15, 0.2) is 0 Å². The van der Waals surface area contributed by atoms with Crippen LogP contribution in [0.4, 0.5) is 11.4 Å². The first-order valence-electron chi connectivity index (χ1n) is 13.3. The zero-order valence-corrected chi connectivity index (χ0v) is 26.1. The van der Waals surface area contributed by atoms with Crippen molar-refractivity contribution in [2.75, 3.05) is 23.7 Å². The number of aliphatic imine (C=N–C) groups is 4. The zero-order valence-electron chi connectivity index (χ0n) is 23.8. The monoisotopic (exact) mass is 662 g/mol.